The molecule has 64 valence electrons. The number of hydrogen-bond donors (Lipinski definition) is 1. The number of aromatic amines is 1. The smallest absolute Gasteiger partial charge is 0.0731 e. The molecule has 0 aliphatic heterocycles. The molecule has 1 aromatic rings. The molecule has 0 aromatic carbocycles. The molecule has 0 fully saturated rings. The van der Waals surface area contributed by atoms with Gasteiger partial charge in [0.05, 0.1) is 11.4 Å². The molecule has 0 amide bonds. The first-order chi connectivity index (χ1) is 5.61. The summed E-state index contributed by atoms with van der Waals surface area (Å²) in [6.07, 6.45) is 1.91. The molecule has 0 spiro atoms. The Bertz CT molecular complexity index is 323. The summed E-state index contributed by atoms with van der Waals surface area (Å²) >= 11 is 2.28. The van der Waals surface area contributed by atoms with Crippen molar-refractivity contribution >= 4 is 28.3 Å². The molecular weight excluding hydrogens is 263 g/mol. The van der Waals surface area contributed by atoms with Crippen molar-refractivity contribution in [3.63, 3.8) is 0 Å². The van der Waals surface area contributed by atoms with E-state index in [0.29, 0.717) is 0 Å². The fourth-order valence-electron chi connectivity index (χ4n) is 0.970. The van der Waals surface area contributed by atoms with Gasteiger partial charge in [0.1, 0.15) is 0 Å². The Balaban J connectivity index is 2.99. The average Bonchev–Trinajstić information content (AvgIpc) is 2.33. The standard InChI is InChI=1S/C9H11IN2/c1-6(2)12-7(3)9-8(10)4-5-11-9/h4-5,11H,1H2,2-3H3. The molecule has 0 radical (unpaired) electrons. The monoisotopic (exact) mass is 274 g/mol. The maximum Gasteiger partial charge on any atom is 0.0731 e. The van der Waals surface area contributed by atoms with Crippen LogP contribution in [-0.2, 0) is 0 Å². The number of nitrogens with zero attached hydrogens (tertiary/aromatic N) is 1. The lowest BCUT2D eigenvalue weighted by Crippen LogP contribution is -1.97. The van der Waals surface area contributed by atoms with E-state index in [1.807, 2.05) is 26.1 Å². The Morgan fingerprint density at radius 2 is 2.25 bits per heavy atom. The molecule has 0 atom stereocenters. The third-order valence-corrected chi connectivity index (χ3v) is 2.32. The molecule has 0 bridgehead atoms. The van der Waals surface area contributed by atoms with Crippen LogP contribution >= 0.6 is 22.6 Å². The van der Waals surface area contributed by atoms with Crippen LogP contribution in [0.1, 0.15) is 19.5 Å². The van der Waals surface area contributed by atoms with Crippen molar-refractivity contribution in [2.75, 3.05) is 0 Å². The number of allylic oxidation sites excluding steroid dienone is 1. The van der Waals surface area contributed by atoms with Gasteiger partial charge in [0.2, 0.25) is 0 Å². The van der Waals surface area contributed by atoms with Gasteiger partial charge in [-0.2, -0.15) is 0 Å². The lowest BCUT2D eigenvalue weighted by atomic mass is 10.3. The van der Waals surface area contributed by atoms with Gasteiger partial charge < -0.3 is 4.98 Å². The number of aliphatic imine (C=N–C) groups is 1. The van der Waals surface area contributed by atoms with Gasteiger partial charge >= 0.3 is 0 Å². The Hall–Kier alpha value is -0.580. The number of H-pyrrole nitrogens is 1. The van der Waals surface area contributed by atoms with Crippen molar-refractivity contribution in [2.24, 2.45) is 4.99 Å². The van der Waals surface area contributed by atoms with E-state index in [-0.39, 0.29) is 0 Å². The van der Waals surface area contributed by atoms with Gasteiger partial charge in [-0.25, -0.2) is 0 Å². The molecule has 1 heterocycles. The van der Waals surface area contributed by atoms with Crippen molar-refractivity contribution in [2.45, 2.75) is 13.8 Å². The zero-order chi connectivity index (χ0) is 9.14. The normalized spacial score (nSPS) is 11.8. The van der Waals surface area contributed by atoms with Crippen LogP contribution in [0, 0.1) is 3.57 Å². The van der Waals surface area contributed by atoms with Gasteiger partial charge in [-0.3, -0.25) is 4.99 Å². The van der Waals surface area contributed by atoms with Crippen molar-refractivity contribution in [1.82, 2.24) is 4.98 Å². The second-order valence-corrected chi connectivity index (χ2v) is 3.80. The quantitative estimate of drug-likeness (QED) is 0.634. The van der Waals surface area contributed by atoms with Crippen LogP contribution in [0.15, 0.2) is 29.5 Å². The molecule has 1 rings (SSSR count). The first-order valence-electron chi connectivity index (χ1n) is 3.65. The maximum absolute atomic E-state index is 4.27. The van der Waals surface area contributed by atoms with Gasteiger partial charge in [0.25, 0.3) is 0 Å². The first-order valence-corrected chi connectivity index (χ1v) is 4.73. The van der Waals surface area contributed by atoms with Crippen LogP contribution in [0.3, 0.4) is 0 Å². The van der Waals surface area contributed by atoms with Crippen molar-refractivity contribution in [3.05, 3.63) is 33.8 Å². The number of nitrogens with one attached hydrogen (secondary N) is 1. The second-order valence-electron chi connectivity index (χ2n) is 2.63. The zero-order valence-electron chi connectivity index (χ0n) is 7.19. The molecular formula is C9H11IN2. The highest BCUT2D eigenvalue weighted by Gasteiger charge is 2.02. The summed E-state index contributed by atoms with van der Waals surface area (Å²) in [6.45, 7) is 7.59. The summed E-state index contributed by atoms with van der Waals surface area (Å²) in [6, 6.07) is 2.02. The van der Waals surface area contributed by atoms with Gasteiger partial charge in [-0.1, -0.05) is 6.58 Å². The van der Waals surface area contributed by atoms with E-state index >= 15 is 0 Å². The zero-order valence-corrected chi connectivity index (χ0v) is 9.34. The average molecular weight is 274 g/mol. The molecule has 0 saturated heterocycles. The topological polar surface area (TPSA) is 28.1 Å². The number of halogens is 1. The molecule has 1 N–H and O–H groups in total. The van der Waals surface area contributed by atoms with E-state index in [2.05, 4.69) is 39.1 Å². The first kappa shape index (κ1) is 9.51. The van der Waals surface area contributed by atoms with E-state index < -0.39 is 0 Å². The lowest BCUT2D eigenvalue weighted by molar-refractivity contribution is 1.28. The summed E-state index contributed by atoms with van der Waals surface area (Å²) in [5.41, 5.74) is 2.90. The highest BCUT2D eigenvalue weighted by Crippen LogP contribution is 2.11. The molecule has 2 nitrogen and oxygen atoms in total. The highest BCUT2D eigenvalue weighted by molar-refractivity contribution is 14.1. The van der Waals surface area contributed by atoms with Gasteiger partial charge in [0, 0.05) is 15.5 Å². The van der Waals surface area contributed by atoms with E-state index in [1.54, 1.807) is 0 Å². The number of hydrogen-bond acceptors (Lipinski definition) is 1. The van der Waals surface area contributed by atoms with Crippen LogP contribution in [0.25, 0.3) is 0 Å². The fourth-order valence-corrected chi connectivity index (χ4v) is 1.70. The van der Waals surface area contributed by atoms with Crippen LogP contribution < -0.4 is 0 Å². The van der Waals surface area contributed by atoms with Crippen LogP contribution in [0.5, 0.6) is 0 Å². The molecule has 0 unspecified atom stereocenters. The van der Waals surface area contributed by atoms with E-state index in [0.717, 1.165) is 17.1 Å². The van der Waals surface area contributed by atoms with Gasteiger partial charge in [0.15, 0.2) is 0 Å². The summed E-state index contributed by atoms with van der Waals surface area (Å²) in [4.78, 5) is 7.40. The minimum absolute atomic E-state index is 0.831. The van der Waals surface area contributed by atoms with Gasteiger partial charge in [-0.15, -0.1) is 0 Å². The Kier molecular flexibility index (Phi) is 3.08. The summed E-state index contributed by atoms with van der Waals surface area (Å²) < 4.78 is 1.19. The SMILES string of the molecule is C=C(C)N=C(C)c1[nH]ccc1I. The fraction of sp³-hybridized carbons (Fsp3) is 0.222. The molecule has 1 aromatic heterocycles. The van der Waals surface area contributed by atoms with Gasteiger partial charge in [-0.05, 0) is 42.5 Å². The summed E-state index contributed by atoms with van der Waals surface area (Å²) in [5, 5.41) is 0. The Labute approximate surface area is 85.9 Å². The molecule has 12 heavy (non-hydrogen) atoms. The minimum Gasteiger partial charge on any atom is -0.359 e. The predicted octanol–water partition coefficient (Wildman–Crippen LogP) is 2.96. The second kappa shape index (κ2) is 3.89. The minimum atomic E-state index is 0.831. The largest absolute Gasteiger partial charge is 0.359 e. The Morgan fingerprint density at radius 1 is 1.58 bits per heavy atom. The van der Waals surface area contributed by atoms with E-state index in [9.17, 15) is 0 Å². The van der Waals surface area contributed by atoms with Crippen LogP contribution in [0.2, 0.25) is 0 Å². The lowest BCUT2D eigenvalue weighted by Gasteiger charge is -1.97. The molecule has 0 aliphatic carbocycles. The van der Waals surface area contributed by atoms with E-state index in [1.165, 1.54) is 3.57 Å². The highest BCUT2D eigenvalue weighted by atomic mass is 127. The molecule has 3 heteroatoms. The predicted molar refractivity (Wildman–Crippen MR) is 60.5 cm³/mol. The van der Waals surface area contributed by atoms with E-state index in [4.69, 9.17) is 0 Å². The van der Waals surface area contributed by atoms with Crippen molar-refractivity contribution in [1.29, 1.82) is 0 Å². The van der Waals surface area contributed by atoms with Crippen LogP contribution in [-0.4, -0.2) is 10.7 Å². The summed E-state index contributed by atoms with van der Waals surface area (Å²) in [5.74, 6) is 0. The summed E-state index contributed by atoms with van der Waals surface area (Å²) in [7, 11) is 0. The maximum atomic E-state index is 4.27. The van der Waals surface area contributed by atoms with Crippen LogP contribution in [0.4, 0.5) is 0 Å². The van der Waals surface area contributed by atoms with Crippen molar-refractivity contribution in [3.8, 4) is 0 Å². The third kappa shape index (κ3) is 2.20. The third-order valence-electron chi connectivity index (χ3n) is 1.42. The number of aromatic nitrogens is 1. The number of rotatable bonds is 2. The molecule has 0 aliphatic rings. The molecule has 0 saturated carbocycles. The Morgan fingerprint density at radius 3 is 2.67 bits per heavy atom. The van der Waals surface area contributed by atoms with Crippen molar-refractivity contribution < 1.29 is 0 Å².